The second-order valence-electron chi connectivity index (χ2n) is 11.5. The van der Waals surface area contributed by atoms with E-state index in [1.54, 1.807) is 0 Å². The second-order valence-corrected chi connectivity index (χ2v) is 12.9. The molecule has 1 unspecified atom stereocenters. The zero-order valence-electron chi connectivity index (χ0n) is 27.5. The molecule has 0 aromatic carbocycles. The number of amides is 2. The highest BCUT2D eigenvalue weighted by atomic mass is 31.2. The molecule has 0 bridgehead atoms. The van der Waals surface area contributed by atoms with Crippen molar-refractivity contribution in [1.82, 2.24) is 24.9 Å². The summed E-state index contributed by atoms with van der Waals surface area (Å²) in [5.41, 5.74) is -1.28. The average molecular weight is 691 g/mol. The van der Waals surface area contributed by atoms with Gasteiger partial charge in [-0.2, -0.15) is 13.2 Å². The van der Waals surface area contributed by atoms with Crippen molar-refractivity contribution in [3.63, 3.8) is 0 Å². The van der Waals surface area contributed by atoms with Crippen molar-refractivity contribution in [3.05, 3.63) is 50.1 Å². The van der Waals surface area contributed by atoms with Gasteiger partial charge in [-0.1, -0.05) is 19.8 Å². The molecule has 2 rings (SSSR count). The smallest absolute Gasteiger partial charge is 0.353 e. The Bertz CT molecular complexity index is 1340. The first-order valence-electron chi connectivity index (χ1n) is 15.7. The lowest BCUT2D eigenvalue weighted by atomic mass is 10.1. The minimum atomic E-state index is -4.90. The predicted octanol–water partition coefficient (Wildman–Crippen LogP) is 4.27. The van der Waals surface area contributed by atoms with E-state index in [4.69, 9.17) is 20.4 Å². The van der Waals surface area contributed by atoms with E-state index in [2.05, 4.69) is 19.8 Å². The number of rotatable bonds is 19. The summed E-state index contributed by atoms with van der Waals surface area (Å²) in [4.78, 5) is 54.0. The van der Waals surface area contributed by atoms with E-state index in [-0.39, 0.29) is 43.4 Å². The minimum Gasteiger partial charge on any atom is -0.353 e. The molecule has 0 spiro atoms. The van der Waals surface area contributed by atoms with Crippen molar-refractivity contribution >= 4 is 26.4 Å². The van der Waals surface area contributed by atoms with Gasteiger partial charge in [-0.15, -0.1) is 0 Å². The number of nitrogens with one attached hydrogen (secondary N) is 3. The van der Waals surface area contributed by atoms with Crippen LogP contribution >= 0.6 is 8.53 Å². The lowest BCUT2D eigenvalue weighted by molar-refractivity contribution is -0.173. The number of H-pyrrole nitrogens is 1. The maximum Gasteiger partial charge on any atom is 0.471 e. The molecular weight excluding hydrogens is 644 g/mol. The van der Waals surface area contributed by atoms with Crippen LogP contribution in [0, 0.1) is 6.57 Å². The molecule has 3 N–H and O–H groups in total. The van der Waals surface area contributed by atoms with Crippen LogP contribution in [-0.2, 0) is 23.4 Å². The van der Waals surface area contributed by atoms with E-state index in [0.29, 0.717) is 45.1 Å². The molecule has 2 amide bonds. The van der Waals surface area contributed by atoms with Gasteiger partial charge in [0.1, 0.15) is 12.8 Å². The van der Waals surface area contributed by atoms with Crippen LogP contribution in [0.1, 0.15) is 84.9 Å². The van der Waals surface area contributed by atoms with E-state index < -0.39 is 50.1 Å². The number of carbonyl (C=O) groups excluding carboxylic acids is 2. The molecule has 1 saturated heterocycles. The van der Waals surface area contributed by atoms with Crippen LogP contribution in [-0.4, -0.2) is 82.7 Å². The maximum absolute atomic E-state index is 12.8. The normalized spacial score (nSPS) is 19.1. The van der Waals surface area contributed by atoms with Crippen LogP contribution in [0.5, 0.6) is 0 Å². The Labute approximate surface area is 274 Å². The van der Waals surface area contributed by atoms with Gasteiger partial charge in [-0.3, -0.25) is 23.9 Å². The number of carbonyl (C=O) groups is 2. The standard InChI is InChI=1S/C30H46F3N6O7P/c1-7-23-24(46-47(44-17-16-34-6)39(20(2)3)21(4)5)18-26(45-23)38-19-22(27(41)37-29(38)43)12-13-25(40)35-14-10-8-9-11-15-36-28(42)30(31,32)33/h12-13,19-21,23-24,26H,7-11,14-18H2,1-5H3,(H,35,40)(H,36,42)(H,37,41,43)/b13-12+/t23-,24-,26-,47?/m1/s1. The molecule has 1 aliphatic heterocycles. The van der Waals surface area contributed by atoms with Gasteiger partial charge in [0.25, 0.3) is 14.1 Å². The third-order valence-corrected chi connectivity index (χ3v) is 9.28. The predicted molar refractivity (Wildman–Crippen MR) is 171 cm³/mol. The second kappa shape index (κ2) is 19.7. The number of aromatic amines is 1. The highest BCUT2D eigenvalue weighted by Crippen LogP contribution is 2.50. The number of halogens is 3. The Morgan fingerprint density at radius 3 is 2.38 bits per heavy atom. The van der Waals surface area contributed by atoms with E-state index in [1.807, 2.05) is 39.9 Å². The molecule has 0 aliphatic carbocycles. The quantitative estimate of drug-likeness (QED) is 0.0844. The third-order valence-electron chi connectivity index (χ3n) is 7.13. The largest absolute Gasteiger partial charge is 0.471 e. The molecule has 4 atom stereocenters. The first kappa shape index (κ1) is 40.1. The number of hydrogen-bond acceptors (Lipinski definition) is 8. The summed E-state index contributed by atoms with van der Waals surface area (Å²) in [7, 11) is -1.54. The number of hydrogen-bond donors (Lipinski definition) is 3. The Hall–Kier alpha value is -3.09. The molecule has 13 nitrogen and oxygen atoms in total. The van der Waals surface area contributed by atoms with Crippen LogP contribution in [0.2, 0.25) is 0 Å². The summed E-state index contributed by atoms with van der Waals surface area (Å²) < 4.78 is 58.6. The topological polar surface area (TPSA) is 148 Å². The fraction of sp³-hybridized carbons (Fsp3) is 0.700. The summed E-state index contributed by atoms with van der Waals surface area (Å²) in [6.45, 7) is 17.8. The van der Waals surface area contributed by atoms with Crippen LogP contribution in [0.4, 0.5) is 13.2 Å². The lowest BCUT2D eigenvalue weighted by Crippen LogP contribution is -2.37. The van der Waals surface area contributed by atoms with Crippen LogP contribution in [0.3, 0.4) is 0 Å². The molecule has 17 heteroatoms. The van der Waals surface area contributed by atoms with Gasteiger partial charge in [0.05, 0.1) is 17.8 Å². The van der Waals surface area contributed by atoms with Gasteiger partial charge < -0.3 is 29.3 Å². The van der Waals surface area contributed by atoms with Gasteiger partial charge in [0.15, 0.2) is 0 Å². The maximum atomic E-state index is 12.8. The summed E-state index contributed by atoms with van der Waals surface area (Å²) in [5, 5.41) is 4.47. The summed E-state index contributed by atoms with van der Waals surface area (Å²) in [6.07, 6.45) is 0.402. The summed E-state index contributed by atoms with van der Waals surface area (Å²) in [6, 6.07) is 0.214. The first-order valence-corrected chi connectivity index (χ1v) is 16.9. The molecule has 264 valence electrons. The number of aromatic nitrogens is 2. The van der Waals surface area contributed by atoms with E-state index in [0.717, 1.165) is 0 Å². The van der Waals surface area contributed by atoms with E-state index in [9.17, 15) is 32.3 Å². The highest BCUT2D eigenvalue weighted by Gasteiger charge is 2.41. The molecule has 0 radical (unpaired) electrons. The van der Waals surface area contributed by atoms with E-state index >= 15 is 0 Å². The van der Waals surface area contributed by atoms with Crippen LogP contribution < -0.4 is 21.9 Å². The monoisotopic (exact) mass is 690 g/mol. The number of ether oxygens (including phenoxy) is 1. The Balaban J connectivity index is 2.00. The first-order chi connectivity index (χ1) is 22.2. The highest BCUT2D eigenvalue weighted by molar-refractivity contribution is 7.44. The van der Waals surface area contributed by atoms with Crippen LogP contribution in [0.15, 0.2) is 21.9 Å². The molecule has 1 aromatic heterocycles. The summed E-state index contributed by atoms with van der Waals surface area (Å²) in [5.74, 6) is -2.43. The van der Waals surface area contributed by atoms with Crippen molar-refractivity contribution in [3.8, 4) is 0 Å². The molecule has 2 heterocycles. The van der Waals surface area contributed by atoms with Gasteiger partial charge >= 0.3 is 17.8 Å². The van der Waals surface area contributed by atoms with Gasteiger partial charge in [0, 0.05) is 43.9 Å². The molecule has 47 heavy (non-hydrogen) atoms. The fourth-order valence-electron chi connectivity index (χ4n) is 4.93. The van der Waals surface area contributed by atoms with Gasteiger partial charge in [-0.25, -0.2) is 16.0 Å². The van der Waals surface area contributed by atoms with Gasteiger partial charge in [-0.05, 0) is 53.0 Å². The Morgan fingerprint density at radius 1 is 1.17 bits per heavy atom. The molecule has 1 aliphatic rings. The van der Waals surface area contributed by atoms with Gasteiger partial charge in [0.2, 0.25) is 12.5 Å². The summed E-state index contributed by atoms with van der Waals surface area (Å²) >= 11 is 0. The fourth-order valence-corrected chi connectivity index (χ4v) is 6.67. The van der Waals surface area contributed by atoms with Crippen molar-refractivity contribution < 1.29 is 36.5 Å². The third kappa shape index (κ3) is 13.1. The van der Waals surface area contributed by atoms with Crippen LogP contribution in [0.25, 0.3) is 10.9 Å². The molecule has 1 fully saturated rings. The number of alkyl halides is 3. The average Bonchev–Trinajstić information content (AvgIpc) is 3.39. The zero-order chi connectivity index (χ0) is 35.1. The van der Waals surface area contributed by atoms with Crippen molar-refractivity contribution in [2.24, 2.45) is 0 Å². The lowest BCUT2D eigenvalue weighted by Gasteiger charge is -2.37. The number of nitrogens with zero attached hydrogens (tertiary/aromatic N) is 3. The molecule has 1 aromatic rings. The van der Waals surface area contributed by atoms with Crippen molar-refractivity contribution in [2.45, 2.75) is 110 Å². The molecule has 0 saturated carbocycles. The van der Waals surface area contributed by atoms with Crippen molar-refractivity contribution in [1.29, 1.82) is 0 Å². The SMILES string of the molecule is [C-]#[N+]CCOP(O[C@@H]1C[C@H](n2cc(/C=C/C(=O)NCCCCCCNC(=O)C(F)(F)F)c(=O)[nH]c2=O)O[C@@H]1CC)N(C(C)C)C(C)C. The van der Waals surface area contributed by atoms with E-state index in [1.165, 1.54) is 22.9 Å². The number of unbranched alkanes of at least 4 members (excludes halogenated alkanes) is 3. The van der Waals surface area contributed by atoms with Crippen molar-refractivity contribution in [2.75, 3.05) is 26.2 Å². The zero-order valence-corrected chi connectivity index (χ0v) is 28.4. The Kier molecular flexibility index (Phi) is 16.8. The Morgan fingerprint density at radius 2 is 1.81 bits per heavy atom. The minimum absolute atomic E-state index is 0.0668. The molecular formula is C30H46F3N6O7P.